The normalized spacial score (nSPS) is 11.0. The number of guanidine groups is 1. The fourth-order valence-corrected chi connectivity index (χ4v) is 2.33. The van der Waals surface area contributed by atoms with Gasteiger partial charge in [-0.1, -0.05) is 24.6 Å². The highest BCUT2D eigenvalue weighted by Gasteiger charge is 2.03. The number of unbranched alkanes of at least 4 members (excludes halogenated alkanes) is 2. The monoisotopic (exact) mass is 335 g/mol. The fraction of sp³-hybridized carbons (Fsp3) is 0.556. The van der Waals surface area contributed by atoms with Crippen LogP contribution in [0.1, 0.15) is 31.2 Å². The molecule has 0 atom stereocenters. The van der Waals surface area contributed by atoms with Gasteiger partial charge in [-0.15, -0.1) is 0 Å². The minimum absolute atomic E-state index is 0.142. The van der Waals surface area contributed by atoms with Crippen LogP contribution in [-0.2, 0) is 16.0 Å². The number of ether oxygens (including phenoxy) is 2. The third-order valence-corrected chi connectivity index (χ3v) is 3.68. The minimum Gasteiger partial charge on any atom is -0.496 e. The van der Waals surface area contributed by atoms with Crippen LogP contribution in [0.15, 0.2) is 29.3 Å². The Kier molecular flexibility index (Phi) is 10.1. The van der Waals surface area contributed by atoms with Crippen molar-refractivity contribution >= 4 is 11.9 Å². The number of carbonyl (C=O) groups is 1. The second kappa shape index (κ2) is 12.2. The molecule has 134 valence electrons. The van der Waals surface area contributed by atoms with E-state index in [2.05, 4.69) is 26.4 Å². The van der Waals surface area contributed by atoms with E-state index in [1.165, 1.54) is 12.7 Å². The molecule has 0 saturated carbocycles. The third kappa shape index (κ3) is 7.85. The lowest BCUT2D eigenvalue weighted by atomic mass is 10.1. The highest BCUT2D eigenvalue weighted by Crippen LogP contribution is 2.17. The molecular weight excluding hydrogens is 306 g/mol. The Bertz CT molecular complexity index is 518. The number of aliphatic imine (C=N–C) groups is 1. The molecule has 1 aromatic carbocycles. The summed E-state index contributed by atoms with van der Waals surface area (Å²) in [5.74, 6) is 1.56. The summed E-state index contributed by atoms with van der Waals surface area (Å²) in [5.41, 5.74) is 1.17. The number of benzene rings is 1. The number of nitrogens with one attached hydrogen (secondary N) is 2. The van der Waals surface area contributed by atoms with Crippen molar-refractivity contribution < 1.29 is 14.3 Å². The molecule has 1 rings (SSSR count). The number of esters is 1. The summed E-state index contributed by atoms with van der Waals surface area (Å²) in [6.07, 6.45) is 4.19. The van der Waals surface area contributed by atoms with Crippen molar-refractivity contribution in [2.45, 2.75) is 32.1 Å². The van der Waals surface area contributed by atoms with E-state index in [9.17, 15) is 4.79 Å². The van der Waals surface area contributed by atoms with Crippen molar-refractivity contribution in [3.8, 4) is 5.75 Å². The van der Waals surface area contributed by atoms with Gasteiger partial charge in [0.1, 0.15) is 5.75 Å². The summed E-state index contributed by atoms with van der Waals surface area (Å²) in [4.78, 5) is 15.2. The van der Waals surface area contributed by atoms with E-state index in [-0.39, 0.29) is 5.97 Å². The Morgan fingerprint density at radius 1 is 1.08 bits per heavy atom. The number of para-hydroxylation sites is 1. The highest BCUT2D eigenvalue weighted by atomic mass is 16.5. The number of nitrogens with zero attached hydrogens (tertiary/aromatic N) is 1. The fourth-order valence-electron chi connectivity index (χ4n) is 2.33. The first kappa shape index (κ1) is 19.8. The van der Waals surface area contributed by atoms with Crippen molar-refractivity contribution in [1.29, 1.82) is 0 Å². The number of rotatable bonds is 10. The molecular formula is C18H29N3O3. The lowest BCUT2D eigenvalue weighted by Gasteiger charge is -2.13. The topological polar surface area (TPSA) is 72.0 Å². The van der Waals surface area contributed by atoms with E-state index in [1.807, 2.05) is 18.2 Å². The summed E-state index contributed by atoms with van der Waals surface area (Å²) in [7, 11) is 4.87. The summed E-state index contributed by atoms with van der Waals surface area (Å²) < 4.78 is 9.97. The third-order valence-electron chi connectivity index (χ3n) is 3.68. The van der Waals surface area contributed by atoms with Gasteiger partial charge >= 0.3 is 5.97 Å². The van der Waals surface area contributed by atoms with Crippen LogP contribution in [0.3, 0.4) is 0 Å². The molecule has 0 heterocycles. The summed E-state index contributed by atoms with van der Waals surface area (Å²) in [6.45, 7) is 1.61. The number of methoxy groups -OCH3 is 2. The van der Waals surface area contributed by atoms with Crippen LogP contribution in [0, 0.1) is 0 Å². The van der Waals surface area contributed by atoms with Crippen molar-refractivity contribution in [1.82, 2.24) is 10.6 Å². The van der Waals surface area contributed by atoms with Gasteiger partial charge in [0, 0.05) is 26.6 Å². The zero-order valence-electron chi connectivity index (χ0n) is 14.9. The zero-order valence-corrected chi connectivity index (χ0v) is 14.9. The van der Waals surface area contributed by atoms with Gasteiger partial charge in [-0.25, -0.2) is 0 Å². The predicted molar refractivity (Wildman–Crippen MR) is 96.5 cm³/mol. The standard InChI is InChI=1S/C18H29N3O3/c1-19-18(20-13-8-4-5-11-17(22)24-3)21-14-12-15-9-6-7-10-16(15)23-2/h6-7,9-10H,4-5,8,11-14H2,1-3H3,(H2,19,20,21). The second-order valence-corrected chi connectivity index (χ2v) is 5.37. The van der Waals surface area contributed by atoms with Crippen LogP contribution < -0.4 is 15.4 Å². The van der Waals surface area contributed by atoms with Gasteiger partial charge in [0.2, 0.25) is 0 Å². The van der Waals surface area contributed by atoms with Crippen molar-refractivity contribution in [3.05, 3.63) is 29.8 Å². The molecule has 0 aliphatic rings. The first-order valence-corrected chi connectivity index (χ1v) is 8.34. The van der Waals surface area contributed by atoms with Gasteiger partial charge in [-0.2, -0.15) is 0 Å². The summed E-state index contributed by atoms with van der Waals surface area (Å²) in [6, 6.07) is 8.02. The van der Waals surface area contributed by atoms with Crippen LogP contribution >= 0.6 is 0 Å². The maximum Gasteiger partial charge on any atom is 0.305 e. The zero-order chi connectivity index (χ0) is 17.6. The van der Waals surface area contributed by atoms with Crippen LogP contribution in [0.4, 0.5) is 0 Å². The number of hydrogen-bond donors (Lipinski definition) is 2. The van der Waals surface area contributed by atoms with Gasteiger partial charge in [0.15, 0.2) is 5.96 Å². The van der Waals surface area contributed by atoms with E-state index >= 15 is 0 Å². The molecule has 0 bridgehead atoms. The Labute approximate surface area is 144 Å². The van der Waals surface area contributed by atoms with E-state index in [4.69, 9.17) is 4.74 Å². The van der Waals surface area contributed by atoms with E-state index in [0.717, 1.165) is 50.5 Å². The number of hydrogen-bond acceptors (Lipinski definition) is 4. The molecule has 1 aromatic rings. The Morgan fingerprint density at radius 2 is 1.83 bits per heavy atom. The maximum absolute atomic E-state index is 11.0. The molecule has 2 N–H and O–H groups in total. The van der Waals surface area contributed by atoms with Crippen LogP contribution in [0.5, 0.6) is 5.75 Å². The average molecular weight is 335 g/mol. The summed E-state index contributed by atoms with van der Waals surface area (Å²) in [5, 5.41) is 6.57. The largest absolute Gasteiger partial charge is 0.496 e. The molecule has 0 aliphatic carbocycles. The lowest BCUT2D eigenvalue weighted by Crippen LogP contribution is -2.38. The van der Waals surface area contributed by atoms with Crippen molar-refractivity contribution in [2.75, 3.05) is 34.4 Å². The van der Waals surface area contributed by atoms with Gasteiger partial charge in [-0.05, 0) is 30.9 Å². The molecule has 0 aromatic heterocycles. The first-order valence-electron chi connectivity index (χ1n) is 8.34. The molecule has 0 radical (unpaired) electrons. The molecule has 0 saturated heterocycles. The van der Waals surface area contributed by atoms with Crippen LogP contribution in [0.25, 0.3) is 0 Å². The molecule has 0 fully saturated rings. The SMILES string of the molecule is CN=C(NCCCCCC(=O)OC)NCCc1ccccc1OC. The molecule has 0 unspecified atom stereocenters. The maximum atomic E-state index is 11.0. The quantitative estimate of drug-likeness (QED) is 0.297. The molecule has 6 nitrogen and oxygen atoms in total. The second-order valence-electron chi connectivity index (χ2n) is 5.37. The van der Waals surface area contributed by atoms with Crippen molar-refractivity contribution in [2.24, 2.45) is 4.99 Å². The predicted octanol–water partition coefficient (Wildman–Crippen LogP) is 2.14. The van der Waals surface area contributed by atoms with E-state index in [0.29, 0.717) is 6.42 Å². The van der Waals surface area contributed by atoms with E-state index < -0.39 is 0 Å². The molecule has 0 spiro atoms. The first-order chi connectivity index (χ1) is 11.7. The van der Waals surface area contributed by atoms with Gasteiger partial charge < -0.3 is 20.1 Å². The number of carbonyl (C=O) groups excluding carboxylic acids is 1. The Balaban J connectivity index is 2.18. The average Bonchev–Trinajstić information content (AvgIpc) is 2.62. The molecule has 0 aliphatic heterocycles. The van der Waals surface area contributed by atoms with Gasteiger partial charge in [-0.3, -0.25) is 9.79 Å². The lowest BCUT2D eigenvalue weighted by molar-refractivity contribution is -0.140. The minimum atomic E-state index is -0.142. The summed E-state index contributed by atoms with van der Waals surface area (Å²) >= 11 is 0. The van der Waals surface area contributed by atoms with Gasteiger partial charge in [0.25, 0.3) is 0 Å². The van der Waals surface area contributed by atoms with Crippen LogP contribution in [-0.4, -0.2) is 46.3 Å². The van der Waals surface area contributed by atoms with E-state index in [1.54, 1.807) is 14.2 Å². The molecule has 24 heavy (non-hydrogen) atoms. The smallest absolute Gasteiger partial charge is 0.305 e. The Morgan fingerprint density at radius 3 is 2.54 bits per heavy atom. The highest BCUT2D eigenvalue weighted by molar-refractivity contribution is 5.79. The van der Waals surface area contributed by atoms with Crippen LogP contribution in [0.2, 0.25) is 0 Å². The Hall–Kier alpha value is -2.24. The van der Waals surface area contributed by atoms with Crippen molar-refractivity contribution in [3.63, 3.8) is 0 Å². The molecule has 0 amide bonds. The molecule has 6 heteroatoms. The van der Waals surface area contributed by atoms with Gasteiger partial charge in [0.05, 0.1) is 14.2 Å².